The van der Waals surface area contributed by atoms with Crippen LogP contribution in [0.3, 0.4) is 0 Å². The molecule has 22 heavy (non-hydrogen) atoms. The molecule has 3 rings (SSSR count). The minimum Gasteiger partial charge on any atom is -0.304 e. The summed E-state index contributed by atoms with van der Waals surface area (Å²) in [5.74, 6) is 0.623. The molecule has 0 aliphatic rings. The molecule has 0 atom stereocenters. The average molecular weight is 311 g/mol. The molecule has 0 amide bonds. The summed E-state index contributed by atoms with van der Waals surface area (Å²) in [7, 11) is 0. The predicted octanol–water partition coefficient (Wildman–Crippen LogP) is 2.14. The van der Waals surface area contributed by atoms with Crippen molar-refractivity contribution in [1.82, 2.24) is 30.0 Å². The van der Waals surface area contributed by atoms with Crippen LogP contribution >= 0.6 is 12.2 Å². The van der Waals surface area contributed by atoms with Gasteiger partial charge in [-0.25, -0.2) is 4.68 Å². The Morgan fingerprint density at radius 3 is 2.73 bits per heavy atom. The average Bonchev–Trinajstić information content (AvgIpc) is 3.14. The van der Waals surface area contributed by atoms with E-state index >= 15 is 0 Å². The van der Waals surface area contributed by atoms with Crippen molar-refractivity contribution in [3.05, 3.63) is 46.2 Å². The number of hydrogen-bond donors (Lipinski definition) is 1. The lowest BCUT2D eigenvalue weighted by Gasteiger charge is -2.03. The topological polar surface area (TPSA) is 88.1 Å². The molecule has 1 aromatic carbocycles. The van der Waals surface area contributed by atoms with Crippen molar-refractivity contribution in [1.29, 1.82) is 5.26 Å². The Labute approximate surface area is 131 Å². The standard InChI is InChI=1S/C14H13N7S/c1-2-20-14(22)12(8-16-20)13-17-18-19-21(13)9-11-5-3-10(7-15)4-6-11/h3-6,8,16H,2,9H2,1H3. The van der Waals surface area contributed by atoms with E-state index in [1.54, 1.807) is 16.8 Å². The molecule has 0 spiro atoms. The lowest BCUT2D eigenvalue weighted by atomic mass is 10.1. The van der Waals surface area contributed by atoms with Crippen LogP contribution in [-0.2, 0) is 13.1 Å². The number of rotatable bonds is 4. The van der Waals surface area contributed by atoms with Gasteiger partial charge in [-0.2, -0.15) is 5.26 Å². The highest BCUT2D eigenvalue weighted by atomic mass is 32.1. The maximum absolute atomic E-state index is 8.83. The summed E-state index contributed by atoms with van der Waals surface area (Å²) in [6.07, 6.45) is 1.81. The van der Waals surface area contributed by atoms with E-state index in [4.69, 9.17) is 17.5 Å². The van der Waals surface area contributed by atoms with Gasteiger partial charge in [0.25, 0.3) is 0 Å². The van der Waals surface area contributed by atoms with Gasteiger partial charge in [0.05, 0.1) is 23.7 Å². The first kappa shape index (κ1) is 14.2. The zero-order valence-electron chi connectivity index (χ0n) is 11.9. The molecule has 0 radical (unpaired) electrons. The van der Waals surface area contributed by atoms with Crippen LogP contribution in [0.15, 0.2) is 30.5 Å². The minimum atomic E-state index is 0.514. The fraction of sp³-hybridized carbons (Fsp3) is 0.214. The van der Waals surface area contributed by atoms with Crippen molar-refractivity contribution in [2.75, 3.05) is 0 Å². The lowest BCUT2D eigenvalue weighted by molar-refractivity contribution is 0.648. The summed E-state index contributed by atoms with van der Waals surface area (Å²) < 4.78 is 4.23. The van der Waals surface area contributed by atoms with Crippen LogP contribution in [0.4, 0.5) is 0 Å². The molecule has 0 saturated heterocycles. The third kappa shape index (κ3) is 2.54. The summed E-state index contributed by atoms with van der Waals surface area (Å²) in [6.45, 7) is 3.28. The van der Waals surface area contributed by atoms with Crippen molar-refractivity contribution in [3.63, 3.8) is 0 Å². The maximum Gasteiger partial charge on any atom is 0.186 e. The normalized spacial score (nSPS) is 10.5. The first-order chi connectivity index (χ1) is 10.7. The number of tetrazole rings is 1. The fourth-order valence-corrected chi connectivity index (χ4v) is 2.50. The van der Waals surface area contributed by atoms with Crippen LogP contribution < -0.4 is 0 Å². The zero-order chi connectivity index (χ0) is 15.5. The predicted molar refractivity (Wildman–Crippen MR) is 82.4 cm³/mol. The van der Waals surface area contributed by atoms with Gasteiger partial charge >= 0.3 is 0 Å². The lowest BCUT2D eigenvalue weighted by Crippen LogP contribution is -2.04. The first-order valence-corrected chi connectivity index (χ1v) is 7.17. The van der Waals surface area contributed by atoms with E-state index in [9.17, 15) is 0 Å². The molecule has 0 aliphatic heterocycles. The number of H-pyrrole nitrogens is 1. The van der Waals surface area contributed by atoms with Crippen LogP contribution in [-0.4, -0.2) is 30.0 Å². The molecule has 2 heterocycles. The third-order valence-corrected chi connectivity index (χ3v) is 3.78. The molecule has 0 unspecified atom stereocenters. The van der Waals surface area contributed by atoms with E-state index in [-0.39, 0.29) is 0 Å². The second kappa shape index (κ2) is 5.91. The quantitative estimate of drug-likeness (QED) is 0.746. The Bertz CT molecular complexity index is 879. The smallest absolute Gasteiger partial charge is 0.186 e. The van der Waals surface area contributed by atoms with Crippen LogP contribution in [0, 0.1) is 16.0 Å². The van der Waals surface area contributed by atoms with Gasteiger partial charge in [-0.3, -0.25) is 4.68 Å². The molecule has 7 nitrogen and oxygen atoms in total. The number of benzene rings is 1. The number of aromatic nitrogens is 6. The second-order valence-electron chi connectivity index (χ2n) is 4.71. The van der Waals surface area contributed by atoms with Crippen molar-refractivity contribution >= 4 is 12.2 Å². The Kier molecular flexibility index (Phi) is 3.80. The summed E-state index contributed by atoms with van der Waals surface area (Å²) in [5.41, 5.74) is 2.44. The van der Waals surface area contributed by atoms with Gasteiger partial charge in [0.15, 0.2) is 5.82 Å². The number of aryl methyl sites for hydroxylation is 1. The Morgan fingerprint density at radius 1 is 1.32 bits per heavy atom. The van der Waals surface area contributed by atoms with Crippen molar-refractivity contribution in [2.45, 2.75) is 20.0 Å². The minimum absolute atomic E-state index is 0.514. The second-order valence-corrected chi connectivity index (χ2v) is 5.09. The van der Waals surface area contributed by atoms with E-state index in [1.807, 2.05) is 29.9 Å². The van der Waals surface area contributed by atoms with Gasteiger partial charge < -0.3 is 5.10 Å². The van der Waals surface area contributed by atoms with E-state index in [2.05, 4.69) is 26.7 Å². The number of nitrogens with zero attached hydrogens (tertiary/aromatic N) is 6. The summed E-state index contributed by atoms with van der Waals surface area (Å²) in [5, 5.41) is 23.8. The highest BCUT2D eigenvalue weighted by molar-refractivity contribution is 7.71. The molecule has 3 aromatic rings. The number of nitriles is 1. The molecule has 2 aromatic heterocycles. The number of aromatic amines is 1. The number of hydrogen-bond acceptors (Lipinski definition) is 5. The van der Waals surface area contributed by atoms with E-state index in [0.717, 1.165) is 17.7 Å². The van der Waals surface area contributed by atoms with Gasteiger partial charge in [-0.15, -0.1) is 5.10 Å². The highest BCUT2D eigenvalue weighted by Gasteiger charge is 2.13. The van der Waals surface area contributed by atoms with E-state index < -0.39 is 0 Å². The van der Waals surface area contributed by atoms with E-state index in [1.165, 1.54) is 0 Å². The fourth-order valence-electron chi connectivity index (χ4n) is 2.16. The van der Waals surface area contributed by atoms with Gasteiger partial charge in [-0.1, -0.05) is 24.4 Å². The van der Waals surface area contributed by atoms with Crippen molar-refractivity contribution in [2.24, 2.45) is 0 Å². The van der Waals surface area contributed by atoms with Gasteiger partial charge in [0.1, 0.15) is 4.64 Å². The molecule has 0 fully saturated rings. The van der Waals surface area contributed by atoms with Crippen molar-refractivity contribution < 1.29 is 0 Å². The van der Waals surface area contributed by atoms with Crippen molar-refractivity contribution in [3.8, 4) is 17.5 Å². The molecule has 0 saturated carbocycles. The van der Waals surface area contributed by atoms with Crippen LogP contribution in [0.2, 0.25) is 0 Å². The molecule has 1 N–H and O–H groups in total. The van der Waals surface area contributed by atoms with Gasteiger partial charge in [-0.05, 0) is 35.0 Å². The van der Waals surface area contributed by atoms with Gasteiger partial charge in [0, 0.05) is 12.7 Å². The Hall–Kier alpha value is -2.79. The summed E-state index contributed by atoms with van der Waals surface area (Å²) >= 11 is 5.42. The molecular weight excluding hydrogens is 298 g/mol. The van der Waals surface area contributed by atoms with Crippen LogP contribution in [0.1, 0.15) is 18.1 Å². The van der Waals surface area contributed by atoms with E-state index in [0.29, 0.717) is 22.6 Å². The summed E-state index contributed by atoms with van der Waals surface area (Å²) in [4.78, 5) is 0. The molecule has 110 valence electrons. The first-order valence-electron chi connectivity index (χ1n) is 6.76. The largest absolute Gasteiger partial charge is 0.304 e. The summed E-state index contributed by atoms with van der Waals surface area (Å²) in [6, 6.07) is 9.43. The SMILES string of the molecule is CCn1[nH]cc(-c2nnnn2Cc2ccc(C#N)cc2)c1=S. The maximum atomic E-state index is 8.83. The molecular formula is C14H13N7S. The molecule has 8 heteroatoms. The monoisotopic (exact) mass is 311 g/mol. The zero-order valence-corrected chi connectivity index (χ0v) is 12.7. The number of nitrogens with one attached hydrogen (secondary N) is 1. The molecule has 0 aliphatic carbocycles. The molecule has 0 bridgehead atoms. The Balaban J connectivity index is 1.93. The van der Waals surface area contributed by atoms with Gasteiger partial charge in [0.2, 0.25) is 0 Å². The van der Waals surface area contributed by atoms with Crippen LogP contribution in [0.5, 0.6) is 0 Å². The Morgan fingerprint density at radius 2 is 2.09 bits per heavy atom. The third-order valence-electron chi connectivity index (χ3n) is 3.34. The highest BCUT2D eigenvalue weighted by Crippen LogP contribution is 2.18. The van der Waals surface area contributed by atoms with Crippen LogP contribution in [0.25, 0.3) is 11.4 Å².